The first kappa shape index (κ1) is 20.9. The number of aromatic nitrogens is 2. The van der Waals surface area contributed by atoms with Gasteiger partial charge in [-0.05, 0) is 58.7 Å². The molecule has 0 radical (unpaired) electrons. The topological polar surface area (TPSA) is 17.8 Å². The Labute approximate surface area is 213 Å². The first-order valence-corrected chi connectivity index (χ1v) is 12.9. The Morgan fingerprint density at radius 2 is 1.17 bits per heavy atom. The van der Waals surface area contributed by atoms with Gasteiger partial charge in [0.05, 0.1) is 11.0 Å². The number of hydrogen-bond donors (Lipinski definition) is 0. The number of nitrogens with zero attached hydrogens (tertiary/aromatic N) is 2. The molecule has 7 aromatic rings. The van der Waals surface area contributed by atoms with Gasteiger partial charge >= 0.3 is 0 Å². The zero-order chi connectivity index (χ0) is 23.9. The zero-order valence-corrected chi connectivity index (χ0v) is 20.3. The normalized spacial score (nSPS) is 11.3. The van der Waals surface area contributed by atoms with Crippen molar-refractivity contribution in [1.82, 2.24) is 9.55 Å². The van der Waals surface area contributed by atoms with Gasteiger partial charge < -0.3 is 0 Å². The van der Waals surface area contributed by atoms with Gasteiger partial charge in [0.1, 0.15) is 5.82 Å². The van der Waals surface area contributed by atoms with Crippen molar-refractivity contribution in [2.24, 2.45) is 0 Å². The van der Waals surface area contributed by atoms with Crippen LogP contribution in [0.4, 0.5) is 0 Å². The lowest BCUT2D eigenvalue weighted by molar-refractivity contribution is 1.11. The van der Waals surface area contributed by atoms with Crippen LogP contribution in [0.1, 0.15) is 0 Å². The fourth-order valence-corrected chi connectivity index (χ4v) is 5.83. The third-order valence-corrected chi connectivity index (χ3v) is 7.68. The van der Waals surface area contributed by atoms with E-state index in [1.54, 1.807) is 11.3 Å². The quantitative estimate of drug-likeness (QED) is 0.246. The van der Waals surface area contributed by atoms with E-state index in [1.807, 2.05) is 0 Å². The Kier molecular flexibility index (Phi) is 5.00. The van der Waals surface area contributed by atoms with E-state index in [0.29, 0.717) is 0 Å². The second-order valence-electron chi connectivity index (χ2n) is 8.90. The first-order valence-electron chi connectivity index (χ1n) is 12.1. The molecule has 5 aromatic carbocycles. The van der Waals surface area contributed by atoms with Gasteiger partial charge in [-0.25, -0.2) is 4.98 Å². The minimum absolute atomic E-state index is 0.977. The lowest BCUT2D eigenvalue weighted by atomic mass is 9.99. The molecule has 36 heavy (non-hydrogen) atoms. The standard InChI is InChI=1S/C33H22N2S/c1-3-9-23(10-4-1)24-15-17-25(18-16-24)26-19-20-32-28(21-26)29(22-36-32)33-34-30-13-7-8-14-31(30)35(33)27-11-5-2-6-12-27/h1-22H. The molecule has 0 aliphatic heterocycles. The van der Waals surface area contributed by atoms with Crippen molar-refractivity contribution in [2.75, 3.05) is 0 Å². The number of para-hydroxylation sites is 3. The molecule has 2 aromatic heterocycles. The van der Waals surface area contributed by atoms with E-state index in [-0.39, 0.29) is 0 Å². The van der Waals surface area contributed by atoms with Crippen LogP contribution >= 0.6 is 11.3 Å². The van der Waals surface area contributed by atoms with Crippen molar-refractivity contribution in [3.63, 3.8) is 0 Å². The van der Waals surface area contributed by atoms with Gasteiger partial charge in [-0.3, -0.25) is 4.57 Å². The molecule has 0 bridgehead atoms. The molecule has 2 nitrogen and oxygen atoms in total. The molecule has 0 atom stereocenters. The summed E-state index contributed by atoms with van der Waals surface area (Å²) in [6.45, 7) is 0. The molecule has 7 rings (SSSR count). The molecule has 0 saturated carbocycles. The number of imidazole rings is 1. The first-order chi connectivity index (χ1) is 17.8. The van der Waals surface area contributed by atoms with Gasteiger partial charge in [0.25, 0.3) is 0 Å². The summed E-state index contributed by atoms with van der Waals surface area (Å²) >= 11 is 1.77. The van der Waals surface area contributed by atoms with Crippen molar-refractivity contribution in [1.29, 1.82) is 0 Å². The highest BCUT2D eigenvalue weighted by molar-refractivity contribution is 7.17. The second-order valence-corrected chi connectivity index (χ2v) is 9.81. The Hall–Kier alpha value is -4.47. The average Bonchev–Trinajstić information content (AvgIpc) is 3.55. The SMILES string of the molecule is c1ccc(-c2ccc(-c3ccc4scc(-c5nc6ccccc6n5-c5ccccc5)c4c3)cc2)cc1. The molecule has 0 saturated heterocycles. The fraction of sp³-hybridized carbons (Fsp3) is 0. The van der Waals surface area contributed by atoms with E-state index in [0.717, 1.165) is 28.1 Å². The van der Waals surface area contributed by atoms with E-state index < -0.39 is 0 Å². The van der Waals surface area contributed by atoms with Crippen LogP contribution in [-0.4, -0.2) is 9.55 Å². The Morgan fingerprint density at radius 1 is 0.556 bits per heavy atom. The van der Waals surface area contributed by atoms with Crippen molar-refractivity contribution in [3.05, 3.63) is 133 Å². The van der Waals surface area contributed by atoms with E-state index in [9.17, 15) is 0 Å². The lowest BCUT2D eigenvalue weighted by Crippen LogP contribution is -1.96. The van der Waals surface area contributed by atoms with E-state index in [4.69, 9.17) is 4.98 Å². The summed E-state index contributed by atoms with van der Waals surface area (Å²) < 4.78 is 3.54. The molecule has 0 amide bonds. The largest absolute Gasteiger partial charge is 0.292 e. The maximum Gasteiger partial charge on any atom is 0.147 e. The van der Waals surface area contributed by atoms with Crippen LogP contribution in [0.2, 0.25) is 0 Å². The second kappa shape index (κ2) is 8.63. The number of rotatable bonds is 4. The highest BCUT2D eigenvalue weighted by Gasteiger charge is 2.17. The monoisotopic (exact) mass is 478 g/mol. The van der Waals surface area contributed by atoms with Crippen LogP contribution in [0.5, 0.6) is 0 Å². The minimum atomic E-state index is 0.977. The maximum atomic E-state index is 5.10. The molecule has 0 N–H and O–H groups in total. The Balaban J connectivity index is 1.37. The van der Waals surface area contributed by atoms with Crippen LogP contribution in [0.15, 0.2) is 133 Å². The Bertz CT molecular complexity index is 1810. The van der Waals surface area contributed by atoms with Crippen LogP contribution in [0, 0.1) is 0 Å². The van der Waals surface area contributed by atoms with Crippen molar-refractivity contribution in [2.45, 2.75) is 0 Å². The smallest absolute Gasteiger partial charge is 0.147 e. The highest BCUT2D eigenvalue weighted by atomic mass is 32.1. The van der Waals surface area contributed by atoms with Gasteiger partial charge in [0.15, 0.2) is 0 Å². The summed E-state index contributed by atoms with van der Waals surface area (Å²) in [5, 5.41) is 3.48. The van der Waals surface area contributed by atoms with Gasteiger partial charge in [-0.1, -0.05) is 91.0 Å². The number of thiophene rings is 1. The van der Waals surface area contributed by atoms with Gasteiger partial charge in [0, 0.05) is 26.7 Å². The molecule has 0 aliphatic carbocycles. The predicted octanol–water partition coefficient (Wildman–Crippen LogP) is 9.24. The molecular formula is C33H22N2S. The predicted molar refractivity (Wildman–Crippen MR) is 153 cm³/mol. The third-order valence-electron chi connectivity index (χ3n) is 6.71. The van der Waals surface area contributed by atoms with Crippen molar-refractivity contribution >= 4 is 32.5 Å². The van der Waals surface area contributed by atoms with E-state index in [2.05, 4.69) is 137 Å². The van der Waals surface area contributed by atoms with Crippen LogP contribution in [-0.2, 0) is 0 Å². The summed E-state index contributed by atoms with van der Waals surface area (Å²) in [6, 6.07) is 45.0. The number of fused-ring (bicyclic) bond motifs is 2. The Morgan fingerprint density at radius 3 is 1.94 bits per heavy atom. The minimum Gasteiger partial charge on any atom is -0.292 e. The maximum absolute atomic E-state index is 5.10. The molecular weight excluding hydrogens is 456 g/mol. The molecule has 0 spiro atoms. The average molecular weight is 479 g/mol. The fourth-order valence-electron chi connectivity index (χ4n) is 4.91. The molecule has 0 aliphatic rings. The summed E-state index contributed by atoms with van der Waals surface area (Å²) in [5.74, 6) is 0.977. The van der Waals surface area contributed by atoms with Gasteiger partial charge in [-0.2, -0.15) is 0 Å². The molecule has 2 heterocycles. The van der Waals surface area contributed by atoms with Crippen LogP contribution < -0.4 is 0 Å². The van der Waals surface area contributed by atoms with E-state index >= 15 is 0 Å². The van der Waals surface area contributed by atoms with Crippen molar-refractivity contribution in [3.8, 4) is 39.3 Å². The highest BCUT2D eigenvalue weighted by Crippen LogP contribution is 2.38. The van der Waals surface area contributed by atoms with E-state index in [1.165, 1.54) is 32.3 Å². The molecule has 170 valence electrons. The summed E-state index contributed by atoms with van der Waals surface area (Å²) in [4.78, 5) is 5.10. The summed E-state index contributed by atoms with van der Waals surface area (Å²) in [6.07, 6.45) is 0. The number of hydrogen-bond acceptors (Lipinski definition) is 2. The summed E-state index contributed by atoms with van der Waals surface area (Å²) in [7, 11) is 0. The van der Waals surface area contributed by atoms with Crippen molar-refractivity contribution < 1.29 is 0 Å². The molecule has 0 fully saturated rings. The van der Waals surface area contributed by atoms with Gasteiger partial charge in [-0.15, -0.1) is 11.3 Å². The van der Waals surface area contributed by atoms with Gasteiger partial charge in [0.2, 0.25) is 0 Å². The number of benzene rings is 5. The third kappa shape index (κ3) is 3.53. The molecule has 0 unspecified atom stereocenters. The summed E-state index contributed by atoms with van der Waals surface area (Å²) in [5.41, 5.74) is 9.29. The van der Waals surface area contributed by atoms with Crippen LogP contribution in [0.25, 0.3) is 60.4 Å². The zero-order valence-electron chi connectivity index (χ0n) is 19.5. The molecule has 3 heteroatoms. The van der Waals surface area contributed by atoms with Crippen LogP contribution in [0.3, 0.4) is 0 Å². The lowest BCUT2D eigenvalue weighted by Gasteiger charge is -2.10.